The number of rotatable bonds is 5. The van der Waals surface area contributed by atoms with E-state index in [-0.39, 0.29) is 5.54 Å². The van der Waals surface area contributed by atoms with Crippen LogP contribution < -0.4 is 5.32 Å². The smallest absolute Gasteiger partial charge is 0.0591 e. The fraction of sp³-hybridized carbons (Fsp3) is 1.00. The Morgan fingerprint density at radius 3 is 2.79 bits per heavy atom. The minimum atomic E-state index is 0.194. The Bertz CT molecular complexity index is 148. The van der Waals surface area contributed by atoms with Crippen LogP contribution in [-0.2, 0) is 9.47 Å². The van der Waals surface area contributed by atoms with E-state index in [1.165, 1.54) is 0 Å². The quantitative estimate of drug-likeness (QED) is 0.683. The van der Waals surface area contributed by atoms with Crippen molar-refractivity contribution >= 4 is 0 Å². The Morgan fingerprint density at radius 1 is 1.43 bits per heavy atom. The zero-order valence-electron chi connectivity index (χ0n) is 9.64. The average Bonchev–Trinajstić information content (AvgIpc) is 2.54. The maximum Gasteiger partial charge on any atom is 0.0591 e. The highest BCUT2D eigenvalue weighted by atomic mass is 16.5. The van der Waals surface area contributed by atoms with Crippen molar-refractivity contribution < 1.29 is 9.47 Å². The normalized spacial score (nSPS) is 22.9. The lowest BCUT2D eigenvalue weighted by Crippen LogP contribution is -2.38. The summed E-state index contributed by atoms with van der Waals surface area (Å²) in [5, 5.41) is 3.39. The highest BCUT2D eigenvalue weighted by molar-refractivity contribution is 4.69. The van der Waals surface area contributed by atoms with Gasteiger partial charge in [-0.3, -0.25) is 0 Å². The maximum absolute atomic E-state index is 5.57. The molecule has 0 amide bonds. The van der Waals surface area contributed by atoms with Crippen molar-refractivity contribution in [2.24, 2.45) is 5.92 Å². The van der Waals surface area contributed by atoms with Crippen LogP contribution in [0.1, 0.15) is 27.2 Å². The first kappa shape index (κ1) is 12.0. The highest BCUT2D eigenvalue weighted by Crippen LogP contribution is 2.11. The minimum Gasteiger partial charge on any atom is -0.381 e. The third-order valence-electron chi connectivity index (χ3n) is 2.28. The van der Waals surface area contributed by atoms with E-state index in [4.69, 9.17) is 9.47 Å². The molecule has 0 aromatic carbocycles. The Morgan fingerprint density at radius 2 is 2.21 bits per heavy atom. The minimum absolute atomic E-state index is 0.194. The molecule has 1 N–H and O–H groups in total. The molecule has 1 aliphatic rings. The lowest BCUT2D eigenvalue weighted by Gasteiger charge is -2.20. The van der Waals surface area contributed by atoms with Crippen LogP contribution in [0.25, 0.3) is 0 Å². The molecule has 1 unspecified atom stereocenters. The van der Waals surface area contributed by atoms with Gasteiger partial charge in [-0.05, 0) is 27.2 Å². The lowest BCUT2D eigenvalue weighted by molar-refractivity contribution is 0.0885. The van der Waals surface area contributed by atoms with Gasteiger partial charge >= 0.3 is 0 Å². The molecule has 1 atom stereocenters. The van der Waals surface area contributed by atoms with E-state index in [2.05, 4.69) is 26.1 Å². The van der Waals surface area contributed by atoms with Crippen LogP contribution in [-0.4, -0.2) is 38.5 Å². The molecule has 1 fully saturated rings. The van der Waals surface area contributed by atoms with Crippen molar-refractivity contribution in [3.8, 4) is 0 Å². The number of nitrogens with one attached hydrogen (secondary N) is 1. The van der Waals surface area contributed by atoms with Gasteiger partial charge in [0.15, 0.2) is 0 Å². The first-order valence-corrected chi connectivity index (χ1v) is 5.48. The molecule has 3 nitrogen and oxygen atoms in total. The summed E-state index contributed by atoms with van der Waals surface area (Å²) < 4.78 is 10.8. The van der Waals surface area contributed by atoms with Crippen LogP contribution >= 0.6 is 0 Å². The van der Waals surface area contributed by atoms with E-state index in [0.717, 1.165) is 39.4 Å². The van der Waals surface area contributed by atoms with Gasteiger partial charge < -0.3 is 14.8 Å². The topological polar surface area (TPSA) is 30.5 Å². The molecule has 3 heteroatoms. The Kier molecular flexibility index (Phi) is 4.85. The first-order valence-electron chi connectivity index (χ1n) is 5.48. The summed E-state index contributed by atoms with van der Waals surface area (Å²) in [5.74, 6) is 0.629. The molecular weight excluding hydrogens is 178 g/mol. The molecule has 1 heterocycles. The Balaban J connectivity index is 1.89. The maximum atomic E-state index is 5.57. The average molecular weight is 201 g/mol. The van der Waals surface area contributed by atoms with Gasteiger partial charge in [0, 0.05) is 24.6 Å². The van der Waals surface area contributed by atoms with Gasteiger partial charge in [0.05, 0.1) is 19.8 Å². The molecular formula is C11H23NO2. The molecule has 1 saturated heterocycles. The van der Waals surface area contributed by atoms with Crippen LogP contribution in [0, 0.1) is 5.92 Å². The third kappa shape index (κ3) is 5.58. The summed E-state index contributed by atoms with van der Waals surface area (Å²) >= 11 is 0. The number of hydrogen-bond acceptors (Lipinski definition) is 3. The second-order valence-electron chi connectivity index (χ2n) is 4.98. The molecule has 84 valence electrons. The van der Waals surface area contributed by atoms with Crippen molar-refractivity contribution in [2.75, 3.05) is 33.0 Å². The molecule has 0 radical (unpaired) electrons. The van der Waals surface area contributed by atoms with Crippen LogP contribution in [0.5, 0.6) is 0 Å². The fourth-order valence-electron chi connectivity index (χ4n) is 1.46. The predicted octanol–water partition coefficient (Wildman–Crippen LogP) is 1.43. The lowest BCUT2D eigenvalue weighted by atomic mass is 10.1. The van der Waals surface area contributed by atoms with Gasteiger partial charge in [-0.25, -0.2) is 0 Å². The third-order valence-corrected chi connectivity index (χ3v) is 2.28. The van der Waals surface area contributed by atoms with Crippen molar-refractivity contribution in [3.05, 3.63) is 0 Å². The van der Waals surface area contributed by atoms with Gasteiger partial charge in [-0.2, -0.15) is 0 Å². The Hall–Kier alpha value is -0.120. The zero-order chi connectivity index (χ0) is 10.4. The van der Waals surface area contributed by atoms with E-state index in [9.17, 15) is 0 Å². The van der Waals surface area contributed by atoms with E-state index in [1.54, 1.807) is 0 Å². The van der Waals surface area contributed by atoms with Gasteiger partial charge in [0.2, 0.25) is 0 Å². The fourth-order valence-corrected chi connectivity index (χ4v) is 1.46. The van der Waals surface area contributed by atoms with Gasteiger partial charge in [-0.1, -0.05) is 0 Å². The molecule has 0 aromatic rings. The predicted molar refractivity (Wildman–Crippen MR) is 57.5 cm³/mol. The van der Waals surface area contributed by atoms with Crippen molar-refractivity contribution in [1.29, 1.82) is 0 Å². The molecule has 14 heavy (non-hydrogen) atoms. The van der Waals surface area contributed by atoms with Crippen molar-refractivity contribution in [2.45, 2.75) is 32.7 Å². The van der Waals surface area contributed by atoms with Crippen molar-refractivity contribution in [3.63, 3.8) is 0 Å². The van der Waals surface area contributed by atoms with Gasteiger partial charge in [0.25, 0.3) is 0 Å². The largest absolute Gasteiger partial charge is 0.381 e. The van der Waals surface area contributed by atoms with E-state index in [1.807, 2.05) is 0 Å². The van der Waals surface area contributed by atoms with Crippen LogP contribution in [0.15, 0.2) is 0 Å². The summed E-state index contributed by atoms with van der Waals surface area (Å²) in [6.45, 7) is 10.9. The first-order chi connectivity index (χ1) is 6.58. The summed E-state index contributed by atoms with van der Waals surface area (Å²) in [5.41, 5.74) is 0.194. The summed E-state index contributed by atoms with van der Waals surface area (Å²) in [6.07, 6.45) is 1.16. The number of ether oxygens (including phenoxy) is 2. The molecule has 0 aromatic heterocycles. The second kappa shape index (κ2) is 5.69. The van der Waals surface area contributed by atoms with E-state index < -0.39 is 0 Å². The van der Waals surface area contributed by atoms with Crippen LogP contribution in [0.2, 0.25) is 0 Å². The standard InChI is InChI=1S/C11H23NO2/c1-11(2,3)12-5-7-14-9-10-4-6-13-8-10/h10,12H,4-9H2,1-3H3. The second-order valence-corrected chi connectivity index (χ2v) is 4.98. The zero-order valence-corrected chi connectivity index (χ0v) is 9.64. The van der Waals surface area contributed by atoms with Crippen LogP contribution in [0.3, 0.4) is 0 Å². The Labute approximate surface area is 87.2 Å². The molecule has 0 saturated carbocycles. The number of hydrogen-bond donors (Lipinski definition) is 1. The van der Waals surface area contributed by atoms with E-state index in [0.29, 0.717) is 5.92 Å². The summed E-state index contributed by atoms with van der Waals surface area (Å²) in [7, 11) is 0. The van der Waals surface area contributed by atoms with Gasteiger partial charge in [0.1, 0.15) is 0 Å². The van der Waals surface area contributed by atoms with Crippen molar-refractivity contribution in [1.82, 2.24) is 5.32 Å². The molecule has 0 bridgehead atoms. The van der Waals surface area contributed by atoms with E-state index >= 15 is 0 Å². The highest BCUT2D eigenvalue weighted by Gasteiger charge is 2.15. The molecule has 1 aliphatic heterocycles. The SMILES string of the molecule is CC(C)(C)NCCOCC1CCOC1. The monoisotopic (exact) mass is 201 g/mol. The molecule has 0 spiro atoms. The summed E-state index contributed by atoms with van der Waals surface area (Å²) in [6, 6.07) is 0. The molecule has 1 rings (SSSR count). The van der Waals surface area contributed by atoms with Crippen LogP contribution in [0.4, 0.5) is 0 Å². The molecule has 0 aliphatic carbocycles. The van der Waals surface area contributed by atoms with Gasteiger partial charge in [-0.15, -0.1) is 0 Å². The summed E-state index contributed by atoms with van der Waals surface area (Å²) in [4.78, 5) is 0.